The van der Waals surface area contributed by atoms with Crippen molar-refractivity contribution >= 4 is 27.5 Å². The molecule has 0 heterocycles. The van der Waals surface area contributed by atoms with E-state index in [1.807, 2.05) is 0 Å². The summed E-state index contributed by atoms with van der Waals surface area (Å²) in [6.45, 7) is 0. The lowest BCUT2D eigenvalue weighted by molar-refractivity contribution is -0.140. The summed E-state index contributed by atoms with van der Waals surface area (Å²) in [5.74, 6) is -1.70. The zero-order valence-electron chi connectivity index (χ0n) is 6.63. The summed E-state index contributed by atoms with van der Waals surface area (Å²) in [6.07, 6.45) is -4.72. The Bertz CT molecular complexity index is 348. The molecule has 0 saturated carbocycles. The molecule has 1 rings (SSSR count). The fourth-order valence-corrected chi connectivity index (χ4v) is 1.94. The summed E-state index contributed by atoms with van der Waals surface area (Å²) in [7, 11) is 0. The van der Waals surface area contributed by atoms with Crippen LogP contribution in [0.3, 0.4) is 0 Å². The van der Waals surface area contributed by atoms with E-state index in [4.69, 9.17) is 11.6 Å². The van der Waals surface area contributed by atoms with E-state index in [-0.39, 0.29) is 10.0 Å². The van der Waals surface area contributed by atoms with Crippen LogP contribution < -0.4 is 0 Å². The van der Waals surface area contributed by atoms with Gasteiger partial charge in [-0.15, -0.1) is 11.6 Å². The lowest BCUT2D eigenvalue weighted by atomic mass is 10.1. The van der Waals surface area contributed by atoms with Crippen LogP contribution >= 0.6 is 27.5 Å². The fraction of sp³-hybridized carbons (Fsp3) is 0.250. The minimum atomic E-state index is -4.72. The highest BCUT2D eigenvalue weighted by molar-refractivity contribution is 9.10. The topological polar surface area (TPSA) is 0 Å². The summed E-state index contributed by atoms with van der Waals surface area (Å²) in [5, 5.41) is 0. The van der Waals surface area contributed by atoms with Gasteiger partial charge in [0.2, 0.25) is 0 Å². The Hall–Kier alpha value is -0.290. The van der Waals surface area contributed by atoms with Crippen molar-refractivity contribution in [1.82, 2.24) is 0 Å². The molecule has 1 aromatic rings. The van der Waals surface area contributed by atoms with Crippen molar-refractivity contribution in [2.24, 2.45) is 0 Å². The highest BCUT2D eigenvalue weighted by atomic mass is 79.9. The van der Waals surface area contributed by atoms with E-state index in [0.29, 0.717) is 0 Å². The molecule has 0 aliphatic carbocycles. The molecule has 0 aliphatic rings. The van der Waals surface area contributed by atoms with E-state index >= 15 is 0 Å². The molecule has 0 N–H and O–H groups in total. The van der Waals surface area contributed by atoms with Gasteiger partial charge >= 0.3 is 6.18 Å². The lowest BCUT2D eigenvalue weighted by Gasteiger charge is -2.13. The molecule has 0 bridgehead atoms. The number of halogens is 6. The number of benzene rings is 1. The van der Waals surface area contributed by atoms with Gasteiger partial charge in [0.25, 0.3) is 0 Å². The third-order valence-corrected chi connectivity index (χ3v) is 2.63. The first-order valence-corrected chi connectivity index (χ1v) is 4.80. The van der Waals surface area contributed by atoms with Gasteiger partial charge in [0.1, 0.15) is 5.82 Å². The van der Waals surface area contributed by atoms with Crippen LogP contribution in [0.15, 0.2) is 16.6 Å². The molecule has 0 atom stereocenters. The first-order valence-electron chi connectivity index (χ1n) is 3.48. The summed E-state index contributed by atoms with van der Waals surface area (Å²) in [6, 6.07) is 1.95. The fourth-order valence-electron chi connectivity index (χ4n) is 1.03. The highest BCUT2D eigenvalue weighted by Crippen LogP contribution is 2.37. The number of rotatable bonds is 1. The molecule has 0 spiro atoms. The molecule has 6 heteroatoms. The average molecular weight is 291 g/mol. The van der Waals surface area contributed by atoms with Gasteiger partial charge in [0.15, 0.2) is 0 Å². The second-order valence-electron chi connectivity index (χ2n) is 2.51. The van der Waals surface area contributed by atoms with Crippen molar-refractivity contribution in [2.75, 3.05) is 0 Å². The van der Waals surface area contributed by atoms with Gasteiger partial charge in [-0.3, -0.25) is 0 Å². The standard InChI is InChI=1S/C8H4BrClF4/c9-5-1-2-6(11)7(4(5)3-10)8(12,13)14/h1-2H,3H2. The quantitative estimate of drug-likeness (QED) is 0.533. The molecular weight excluding hydrogens is 287 g/mol. The van der Waals surface area contributed by atoms with E-state index in [9.17, 15) is 17.6 Å². The van der Waals surface area contributed by atoms with Gasteiger partial charge < -0.3 is 0 Å². The minimum absolute atomic E-state index is 0.154. The second kappa shape index (κ2) is 4.06. The maximum atomic E-state index is 12.9. The van der Waals surface area contributed by atoms with Gasteiger partial charge in [-0.05, 0) is 17.7 Å². The van der Waals surface area contributed by atoms with Gasteiger partial charge in [-0.25, -0.2) is 4.39 Å². The predicted octanol–water partition coefficient (Wildman–Crippen LogP) is 4.35. The van der Waals surface area contributed by atoms with E-state index in [0.717, 1.165) is 6.07 Å². The largest absolute Gasteiger partial charge is 0.419 e. The maximum absolute atomic E-state index is 12.9. The third kappa shape index (κ3) is 2.20. The Balaban J connectivity index is 3.46. The molecule has 0 aliphatic heterocycles. The van der Waals surface area contributed by atoms with Gasteiger partial charge in [0, 0.05) is 10.4 Å². The molecule has 0 amide bonds. The molecular formula is C8H4BrClF4. The first-order chi connectivity index (χ1) is 6.38. The second-order valence-corrected chi connectivity index (χ2v) is 3.64. The number of hydrogen-bond donors (Lipinski definition) is 0. The van der Waals surface area contributed by atoms with Crippen LogP contribution in [0.4, 0.5) is 17.6 Å². The van der Waals surface area contributed by atoms with E-state index < -0.39 is 23.4 Å². The Morgan fingerprint density at radius 3 is 2.21 bits per heavy atom. The summed E-state index contributed by atoms with van der Waals surface area (Å²) in [5.41, 5.74) is -1.58. The maximum Gasteiger partial charge on any atom is 0.419 e. The summed E-state index contributed by atoms with van der Waals surface area (Å²) in [4.78, 5) is 0. The highest BCUT2D eigenvalue weighted by Gasteiger charge is 2.37. The van der Waals surface area contributed by atoms with E-state index in [1.165, 1.54) is 6.07 Å². The van der Waals surface area contributed by atoms with E-state index in [1.54, 1.807) is 0 Å². The van der Waals surface area contributed by atoms with Crippen molar-refractivity contribution < 1.29 is 17.6 Å². The van der Waals surface area contributed by atoms with Crippen molar-refractivity contribution in [1.29, 1.82) is 0 Å². The molecule has 0 aromatic heterocycles. The Labute approximate surface area is 91.0 Å². The zero-order chi connectivity index (χ0) is 10.9. The van der Waals surface area contributed by atoms with Gasteiger partial charge in [-0.2, -0.15) is 13.2 Å². The molecule has 0 fully saturated rings. The third-order valence-electron chi connectivity index (χ3n) is 1.62. The van der Waals surface area contributed by atoms with Crippen molar-refractivity contribution in [3.63, 3.8) is 0 Å². The van der Waals surface area contributed by atoms with Crippen molar-refractivity contribution in [2.45, 2.75) is 12.1 Å². The summed E-state index contributed by atoms with van der Waals surface area (Å²) >= 11 is 8.20. The smallest absolute Gasteiger partial charge is 0.206 e. The zero-order valence-corrected chi connectivity index (χ0v) is 8.97. The van der Waals surface area contributed by atoms with Gasteiger partial charge in [0.05, 0.1) is 5.56 Å². The summed E-state index contributed by atoms with van der Waals surface area (Å²) < 4.78 is 50.1. The monoisotopic (exact) mass is 290 g/mol. The SMILES string of the molecule is Fc1ccc(Br)c(CCl)c1C(F)(F)F. The molecule has 1 aromatic carbocycles. The van der Waals surface area contributed by atoms with Crippen LogP contribution in [0.2, 0.25) is 0 Å². The van der Waals surface area contributed by atoms with Crippen LogP contribution in [-0.2, 0) is 12.1 Å². The average Bonchev–Trinajstić information content (AvgIpc) is 2.06. The molecule has 14 heavy (non-hydrogen) atoms. The van der Waals surface area contributed by atoms with Crippen molar-refractivity contribution in [3.05, 3.63) is 33.5 Å². The molecule has 0 radical (unpaired) electrons. The molecule has 78 valence electrons. The Morgan fingerprint density at radius 2 is 1.86 bits per heavy atom. The molecule has 0 unspecified atom stereocenters. The Kier molecular flexibility index (Phi) is 3.42. The van der Waals surface area contributed by atoms with Crippen molar-refractivity contribution in [3.8, 4) is 0 Å². The molecule has 0 nitrogen and oxygen atoms in total. The van der Waals surface area contributed by atoms with Crippen LogP contribution in [0.1, 0.15) is 11.1 Å². The van der Waals surface area contributed by atoms with E-state index in [2.05, 4.69) is 15.9 Å². The van der Waals surface area contributed by atoms with Crippen LogP contribution in [-0.4, -0.2) is 0 Å². The van der Waals surface area contributed by atoms with Crippen LogP contribution in [0.5, 0.6) is 0 Å². The first kappa shape index (κ1) is 11.8. The minimum Gasteiger partial charge on any atom is -0.206 e. The van der Waals surface area contributed by atoms with Crippen LogP contribution in [0, 0.1) is 5.82 Å². The Morgan fingerprint density at radius 1 is 1.29 bits per heavy atom. The predicted molar refractivity (Wildman–Crippen MR) is 48.7 cm³/mol. The van der Waals surface area contributed by atoms with Gasteiger partial charge in [-0.1, -0.05) is 15.9 Å². The number of hydrogen-bond acceptors (Lipinski definition) is 0. The number of alkyl halides is 4. The molecule has 0 saturated heterocycles. The lowest BCUT2D eigenvalue weighted by Crippen LogP contribution is -2.12. The van der Waals surface area contributed by atoms with Crippen LogP contribution in [0.25, 0.3) is 0 Å². The normalized spacial score (nSPS) is 11.9.